The first-order chi connectivity index (χ1) is 8.43. The van der Waals surface area contributed by atoms with E-state index in [1.807, 2.05) is 6.07 Å². The van der Waals surface area contributed by atoms with Crippen molar-refractivity contribution in [2.24, 2.45) is 0 Å². The molecule has 0 saturated carbocycles. The van der Waals surface area contributed by atoms with Crippen molar-refractivity contribution in [3.63, 3.8) is 0 Å². The Morgan fingerprint density at radius 1 is 1.50 bits per heavy atom. The Morgan fingerprint density at radius 2 is 2.22 bits per heavy atom. The standard InChI is InChI=1S/C14H20N2O2/c1-4-18-13(17)10-7-9-5-6-14(2,3)16-12(9)11(15)8-10/h7-8,16H,4-6,15H2,1-3H3. The summed E-state index contributed by atoms with van der Waals surface area (Å²) in [4.78, 5) is 11.7. The van der Waals surface area contributed by atoms with Crippen LogP contribution in [0.5, 0.6) is 0 Å². The van der Waals surface area contributed by atoms with Gasteiger partial charge >= 0.3 is 5.97 Å². The highest BCUT2D eigenvalue weighted by Gasteiger charge is 2.26. The van der Waals surface area contributed by atoms with E-state index in [0.29, 0.717) is 17.9 Å². The Hall–Kier alpha value is -1.71. The number of fused-ring (bicyclic) bond motifs is 1. The number of nitrogen functional groups attached to an aromatic ring is 1. The van der Waals surface area contributed by atoms with Crippen LogP contribution in [0.15, 0.2) is 12.1 Å². The van der Waals surface area contributed by atoms with Crippen LogP contribution in [0, 0.1) is 0 Å². The lowest BCUT2D eigenvalue weighted by atomic mass is 9.88. The van der Waals surface area contributed by atoms with Gasteiger partial charge in [-0.2, -0.15) is 0 Å². The van der Waals surface area contributed by atoms with Crippen LogP contribution in [-0.4, -0.2) is 18.1 Å². The number of esters is 1. The summed E-state index contributed by atoms with van der Waals surface area (Å²) in [7, 11) is 0. The predicted molar refractivity (Wildman–Crippen MR) is 72.8 cm³/mol. The van der Waals surface area contributed by atoms with Gasteiger partial charge in [-0.1, -0.05) is 0 Å². The number of ether oxygens (including phenoxy) is 1. The van der Waals surface area contributed by atoms with Crippen molar-refractivity contribution >= 4 is 17.3 Å². The zero-order valence-electron chi connectivity index (χ0n) is 11.2. The Labute approximate surface area is 108 Å². The van der Waals surface area contributed by atoms with E-state index in [4.69, 9.17) is 10.5 Å². The fourth-order valence-electron chi connectivity index (χ4n) is 2.26. The van der Waals surface area contributed by atoms with Crippen molar-refractivity contribution in [1.82, 2.24) is 0 Å². The van der Waals surface area contributed by atoms with Gasteiger partial charge in [-0.05, 0) is 51.3 Å². The van der Waals surface area contributed by atoms with Crippen molar-refractivity contribution in [2.75, 3.05) is 17.7 Å². The van der Waals surface area contributed by atoms with Crippen molar-refractivity contribution in [3.05, 3.63) is 23.3 Å². The minimum absolute atomic E-state index is 0.0482. The largest absolute Gasteiger partial charge is 0.462 e. The molecule has 4 nitrogen and oxygen atoms in total. The number of aryl methyl sites for hydroxylation is 1. The number of anilines is 2. The van der Waals surface area contributed by atoms with Crippen LogP contribution >= 0.6 is 0 Å². The lowest BCUT2D eigenvalue weighted by molar-refractivity contribution is 0.0526. The highest BCUT2D eigenvalue weighted by molar-refractivity contribution is 5.93. The number of nitrogens with one attached hydrogen (secondary N) is 1. The smallest absolute Gasteiger partial charge is 0.338 e. The van der Waals surface area contributed by atoms with E-state index in [9.17, 15) is 4.79 Å². The van der Waals surface area contributed by atoms with Gasteiger partial charge in [0, 0.05) is 5.54 Å². The molecule has 1 heterocycles. The van der Waals surface area contributed by atoms with Gasteiger partial charge in [0.15, 0.2) is 0 Å². The maximum Gasteiger partial charge on any atom is 0.338 e. The van der Waals surface area contributed by atoms with Gasteiger partial charge in [0.2, 0.25) is 0 Å². The molecule has 1 aromatic rings. The van der Waals surface area contributed by atoms with Gasteiger partial charge in [0.25, 0.3) is 0 Å². The van der Waals surface area contributed by atoms with E-state index in [-0.39, 0.29) is 11.5 Å². The summed E-state index contributed by atoms with van der Waals surface area (Å²) in [6.07, 6.45) is 1.94. The molecule has 0 saturated heterocycles. The quantitative estimate of drug-likeness (QED) is 0.623. The normalized spacial score (nSPS) is 16.6. The number of benzene rings is 1. The van der Waals surface area contributed by atoms with Crippen LogP contribution in [0.25, 0.3) is 0 Å². The molecule has 0 atom stereocenters. The minimum atomic E-state index is -0.308. The monoisotopic (exact) mass is 248 g/mol. The predicted octanol–water partition coefficient (Wildman–Crippen LogP) is 2.58. The SMILES string of the molecule is CCOC(=O)c1cc(N)c2c(c1)CCC(C)(C)N2. The molecular weight excluding hydrogens is 228 g/mol. The van der Waals surface area contributed by atoms with Crippen molar-refractivity contribution in [2.45, 2.75) is 39.2 Å². The summed E-state index contributed by atoms with van der Waals surface area (Å²) in [6.45, 7) is 6.47. The second kappa shape index (κ2) is 4.52. The summed E-state index contributed by atoms with van der Waals surface area (Å²) < 4.78 is 5.00. The number of hydrogen-bond acceptors (Lipinski definition) is 4. The van der Waals surface area contributed by atoms with Gasteiger partial charge in [-0.25, -0.2) is 4.79 Å². The zero-order valence-corrected chi connectivity index (χ0v) is 11.2. The fourth-order valence-corrected chi connectivity index (χ4v) is 2.26. The van der Waals surface area contributed by atoms with Crippen LogP contribution < -0.4 is 11.1 Å². The van der Waals surface area contributed by atoms with Crippen LogP contribution in [0.4, 0.5) is 11.4 Å². The molecule has 4 heteroatoms. The van der Waals surface area contributed by atoms with Gasteiger partial charge in [-0.15, -0.1) is 0 Å². The molecule has 0 spiro atoms. The average Bonchev–Trinajstić information content (AvgIpc) is 2.29. The highest BCUT2D eigenvalue weighted by atomic mass is 16.5. The topological polar surface area (TPSA) is 64.3 Å². The molecule has 1 aliphatic rings. The number of nitrogens with two attached hydrogens (primary N) is 1. The lowest BCUT2D eigenvalue weighted by Gasteiger charge is -2.34. The molecule has 1 aliphatic heterocycles. The third kappa shape index (κ3) is 2.42. The second-order valence-corrected chi connectivity index (χ2v) is 5.33. The molecule has 0 fully saturated rings. The van der Waals surface area contributed by atoms with E-state index < -0.39 is 0 Å². The Bertz CT molecular complexity index is 481. The summed E-state index contributed by atoms with van der Waals surface area (Å²) in [5.41, 5.74) is 9.28. The Kier molecular flexibility index (Phi) is 3.20. The van der Waals surface area contributed by atoms with Crippen LogP contribution in [0.2, 0.25) is 0 Å². The van der Waals surface area contributed by atoms with Gasteiger partial charge in [-0.3, -0.25) is 0 Å². The van der Waals surface area contributed by atoms with Gasteiger partial charge in [0.1, 0.15) is 0 Å². The average molecular weight is 248 g/mol. The maximum atomic E-state index is 11.7. The summed E-state index contributed by atoms with van der Waals surface area (Å²) in [5.74, 6) is -0.308. The van der Waals surface area contributed by atoms with Crippen molar-refractivity contribution in [3.8, 4) is 0 Å². The van der Waals surface area contributed by atoms with Crippen LogP contribution in [0.3, 0.4) is 0 Å². The first-order valence-electron chi connectivity index (χ1n) is 6.30. The Morgan fingerprint density at radius 3 is 2.89 bits per heavy atom. The Balaban J connectivity index is 2.36. The zero-order chi connectivity index (χ0) is 13.3. The van der Waals surface area contributed by atoms with E-state index in [0.717, 1.165) is 24.1 Å². The molecular formula is C14H20N2O2. The van der Waals surface area contributed by atoms with Crippen LogP contribution in [-0.2, 0) is 11.2 Å². The molecule has 2 rings (SSSR count). The minimum Gasteiger partial charge on any atom is -0.462 e. The third-order valence-electron chi connectivity index (χ3n) is 3.24. The molecule has 1 aromatic carbocycles. The van der Waals surface area contributed by atoms with Crippen LogP contribution in [0.1, 0.15) is 43.1 Å². The van der Waals surface area contributed by atoms with Crippen molar-refractivity contribution in [1.29, 1.82) is 0 Å². The van der Waals surface area contributed by atoms with Crippen molar-refractivity contribution < 1.29 is 9.53 Å². The molecule has 98 valence electrons. The molecule has 0 aromatic heterocycles. The lowest BCUT2D eigenvalue weighted by Crippen LogP contribution is -2.35. The molecule has 0 radical (unpaired) electrons. The number of hydrogen-bond donors (Lipinski definition) is 2. The van der Waals surface area contributed by atoms with E-state index in [1.54, 1.807) is 13.0 Å². The number of carbonyl (C=O) groups excluding carboxylic acids is 1. The summed E-state index contributed by atoms with van der Waals surface area (Å²) >= 11 is 0. The van der Waals surface area contributed by atoms with E-state index >= 15 is 0 Å². The highest BCUT2D eigenvalue weighted by Crippen LogP contribution is 2.35. The second-order valence-electron chi connectivity index (χ2n) is 5.33. The first-order valence-corrected chi connectivity index (χ1v) is 6.30. The molecule has 0 unspecified atom stereocenters. The molecule has 0 aliphatic carbocycles. The van der Waals surface area contributed by atoms with Gasteiger partial charge in [0.05, 0.1) is 23.5 Å². The van der Waals surface area contributed by atoms with Gasteiger partial charge < -0.3 is 15.8 Å². The third-order valence-corrected chi connectivity index (χ3v) is 3.24. The molecule has 3 N–H and O–H groups in total. The molecule has 18 heavy (non-hydrogen) atoms. The summed E-state index contributed by atoms with van der Waals surface area (Å²) in [6, 6.07) is 3.57. The summed E-state index contributed by atoms with van der Waals surface area (Å²) in [5, 5.41) is 3.43. The fraction of sp³-hybridized carbons (Fsp3) is 0.500. The van der Waals surface area contributed by atoms with E-state index in [1.165, 1.54) is 0 Å². The molecule has 0 bridgehead atoms. The maximum absolute atomic E-state index is 11.7. The first kappa shape index (κ1) is 12.7. The number of rotatable bonds is 2. The number of carbonyl (C=O) groups is 1. The van der Waals surface area contributed by atoms with E-state index in [2.05, 4.69) is 19.2 Å². The molecule has 0 amide bonds.